The van der Waals surface area contributed by atoms with Crippen molar-refractivity contribution >= 4 is 39.3 Å². The zero-order chi connectivity index (χ0) is 16.8. The third-order valence-corrected chi connectivity index (χ3v) is 4.48. The summed E-state index contributed by atoms with van der Waals surface area (Å²) < 4.78 is 29.4. The third kappa shape index (κ3) is 5.84. The van der Waals surface area contributed by atoms with Crippen LogP contribution in [0.15, 0.2) is 57.9 Å². The third-order valence-electron chi connectivity index (χ3n) is 2.84. The van der Waals surface area contributed by atoms with Crippen LogP contribution < -0.4 is 10.1 Å². The lowest BCUT2D eigenvalue weighted by Crippen LogP contribution is -2.22. The van der Waals surface area contributed by atoms with Crippen LogP contribution in [0.1, 0.15) is 6.92 Å². The number of thioether (sulfide) groups is 1. The number of hydrogen-bond acceptors (Lipinski definition) is 3. The standard InChI is InChI=1S/C16H14BrF2NO2S/c1-10(23-14-8-2-11(17)3-9-14)15(21)20-12-4-6-13(7-5-12)22-16(18)19/h2-10,16H,1H3,(H,20,21). The molecule has 0 heterocycles. The highest BCUT2D eigenvalue weighted by Crippen LogP contribution is 2.26. The minimum Gasteiger partial charge on any atom is -0.435 e. The number of halogens is 3. The Balaban J connectivity index is 1.91. The van der Waals surface area contributed by atoms with Gasteiger partial charge < -0.3 is 10.1 Å². The fraction of sp³-hybridized carbons (Fsp3) is 0.188. The first kappa shape index (κ1) is 17.7. The molecule has 0 fully saturated rings. The van der Waals surface area contributed by atoms with Crippen LogP contribution in [0.25, 0.3) is 0 Å². The first-order chi connectivity index (χ1) is 10.9. The second kappa shape index (κ2) is 8.31. The van der Waals surface area contributed by atoms with Gasteiger partial charge in [0.1, 0.15) is 5.75 Å². The molecule has 1 amide bonds. The largest absolute Gasteiger partial charge is 0.435 e. The average Bonchev–Trinajstić information content (AvgIpc) is 2.51. The van der Waals surface area contributed by atoms with E-state index in [-0.39, 0.29) is 16.9 Å². The molecular weight excluding hydrogens is 388 g/mol. The summed E-state index contributed by atoms with van der Waals surface area (Å²) >= 11 is 4.79. The number of amides is 1. The Morgan fingerprint density at radius 1 is 1.13 bits per heavy atom. The van der Waals surface area contributed by atoms with Crippen LogP contribution in [0.3, 0.4) is 0 Å². The number of rotatable bonds is 6. The van der Waals surface area contributed by atoms with Crippen LogP contribution in [-0.4, -0.2) is 17.8 Å². The molecule has 0 saturated carbocycles. The topological polar surface area (TPSA) is 38.3 Å². The van der Waals surface area contributed by atoms with Crippen molar-refractivity contribution in [3.8, 4) is 5.75 Å². The van der Waals surface area contributed by atoms with Gasteiger partial charge in [0.25, 0.3) is 0 Å². The highest BCUT2D eigenvalue weighted by Gasteiger charge is 2.14. The fourth-order valence-corrected chi connectivity index (χ4v) is 2.87. The number of hydrogen-bond donors (Lipinski definition) is 1. The molecule has 23 heavy (non-hydrogen) atoms. The van der Waals surface area contributed by atoms with Crippen molar-refractivity contribution in [1.29, 1.82) is 0 Å². The maximum Gasteiger partial charge on any atom is 0.387 e. The molecule has 1 atom stereocenters. The van der Waals surface area contributed by atoms with E-state index in [0.29, 0.717) is 5.69 Å². The summed E-state index contributed by atoms with van der Waals surface area (Å²) in [5.74, 6) is -0.115. The maximum atomic E-state index is 12.2. The molecule has 7 heteroatoms. The second-order valence-electron chi connectivity index (χ2n) is 4.61. The number of benzene rings is 2. The van der Waals surface area contributed by atoms with Gasteiger partial charge in [-0.05, 0) is 55.5 Å². The Morgan fingerprint density at radius 3 is 2.30 bits per heavy atom. The van der Waals surface area contributed by atoms with Crippen LogP contribution in [0.4, 0.5) is 14.5 Å². The summed E-state index contributed by atoms with van der Waals surface area (Å²) in [5, 5.41) is 2.44. The Kier molecular flexibility index (Phi) is 6.41. The molecular formula is C16H14BrF2NO2S. The van der Waals surface area contributed by atoms with Gasteiger partial charge in [0, 0.05) is 15.1 Å². The molecule has 0 aliphatic rings. The zero-order valence-corrected chi connectivity index (χ0v) is 14.5. The van der Waals surface area contributed by atoms with Crippen molar-refractivity contribution in [2.24, 2.45) is 0 Å². The average molecular weight is 402 g/mol. The van der Waals surface area contributed by atoms with E-state index in [2.05, 4.69) is 26.0 Å². The lowest BCUT2D eigenvalue weighted by atomic mass is 10.3. The van der Waals surface area contributed by atoms with Gasteiger partial charge in [0.2, 0.25) is 5.91 Å². The molecule has 122 valence electrons. The summed E-state index contributed by atoms with van der Waals surface area (Å²) in [7, 11) is 0. The molecule has 2 rings (SSSR count). The molecule has 0 spiro atoms. The molecule has 0 saturated heterocycles. The Bertz CT molecular complexity index is 650. The molecule has 0 aliphatic heterocycles. The Hall–Kier alpha value is -1.60. The second-order valence-corrected chi connectivity index (χ2v) is 6.94. The predicted molar refractivity (Wildman–Crippen MR) is 91.2 cm³/mol. The molecule has 0 aromatic heterocycles. The van der Waals surface area contributed by atoms with E-state index in [0.717, 1.165) is 9.37 Å². The van der Waals surface area contributed by atoms with Crippen LogP contribution in [-0.2, 0) is 4.79 Å². The SMILES string of the molecule is CC(Sc1ccc(Br)cc1)C(=O)Nc1ccc(OC(F)F)cc1. The number of alkyl halides is 2. The number of nitrogens with one attached hydrogen (secondary N) is 1. The predicted octanol–water partition coefficient (Wildman–Crippen LogP) is 5.17. The summed E-state index contributed by atoms with van der Waals surface area (Å²) in [4.78, 5) is 13.1. The van der Waals surface area contributed by atoms with E-state index in [9.17, 15) is 13.6 Å². The van der Waals surface area contributed by atoms with Gasteiger partial charge in [-0.25, -0.2) is 0 Å². The van der Waals surface area contributed by atoms with Gasteiger partial charge in [-0.3, -0.25) is 4.79 Å². The van der Waals surface area contributed by atoms with E-state index in [4.69, 9.17) is 0 Å². The number of carbonyl (C=O) groups is 1. The van der Waals surface area contributed by atoms with Crippen molar-refractivity contribution in [3.05, 3.63) is 53.0 Å². The highest BCUT2D eigenvalue weighted by atomic mass is 79.9. The van der Waals surface area contributed by atoms with E-state index in [1.54, 1.807) is 6.92 Å². The maximum absolute atomic E-state index is 12.2. The van der Waals surface area contributed by atoms with Crippen molar-refractivity contribution in [2.75, 3.05) is 5.32 Å². The Labute approximate surface area is 145 Å². The van der Waals surface area contributed by atoms with Crippen molar-refractivity contribution in [1.82, 2.24) is 0 Å². The molecule has 1 unspecified atom stereocenters. The highest BCUT2D eigenvalue weighted by molar-refractivity contribution is 9.10. The first-order valence-electron chi connectivity index (χ1n) is 6.72. The van der Waals surface area contributed by atoms with Gasteiger partial charge in [-0.1, -0.05) is 15.9 Å². The van der Waals surface area contributed by atoms with Gasteiger partial charge in [-0.15, -0.1) is 11.8 Å². The zero-order valence-electron chi connectivity index (χ0n) is 12.1. The van der Waals surface area contributed by atoms with Crippen LogP contribution in [0, 0.1) is 0 Å². The van der Waals surface area contributed by atoms with E-state index < -0.39 is 6.61 Å². The number of anilines is 1. The van der Waals surface area contributed by atoms with Crippen LogP contribution in [0.2, 0.25) is 0 Å². The summed E-state index contributed by atoms with van der Waals surface area (Å²) in [5.41, 5.74) is 0.528. The molecule has 1 N–H and O–H groups in total. The van der Waals surface area contributed by atoms with E-state index in [1.165, 1.54) is 36.0 Å². The quantitative estimate of drug-likeness (QED) is 0.678. The van der Waals surface area contributed by atoms with Crippen molar-refractivity contribution < 1.29 is 18.3 Å². The monoisotopic (exact) mass is 401 g/mol. The minimum absolute atomic E-state index is 0.0512. The van der Waals surface area contributed by atoms with Gasteiger partial charge >= 0.3 is 6.61 Å². The van der Waals surface area contributed by atoms with E-state index in [1.807, 2.05) is 24.3 Å². The number of carbonyl (C=O) groups excluding carboxylic acids is 1. The smallest absolute Gasteiger partial charge is 0.387 e. The lowest BCUT2D eigenvalue weighted by Gasteiger charge is -2.12. The molecule has 3 nitrogen and oxygen atoms in total. The fourth-order valence-electron chi connectivity index (χ4n) is 1.73. The van der Waals surface area contributed by atoms with E-state index >= 15 is 0 Å². The molecule has 2 aromatic carbocycles. The lowest BCUT2D eigenvalue weighted by molar-refractivity contribution is -0.115. The Morgan fingerprint density at radius 2 is 1.74 bits per heavy atom. The molecule has 0 aliphatic carbocycles. The molecule has 0 bridgehead atoms. The van der Waals surface area contributed by atoms with Crippen molar-refractivity contribution in [3.63, 3.8) is 0 Å². The van der Waals surface area contributed by atoms with Gasteiger partial charge in [0.15, 0.2) is 0 Å². The van der Waals surface area contributed by atoms with Crippen molar-refractivity contribution in [2.45, 2.75) is 23.7 Å². The van der Waals surface area contributed by atoms with Crippen LogP contribution >= 0.6 is 27.7 Å². The van der Waals surface area contributed by atoms with Gasteiger partial charge in [0.05, 0.1) is 5.25 Å². The van der Waals surface area contributed by atoms with Gasteiger partial charge in [-0.2, -0.15) is 8.78 Å². The number of ether oxygens (including phenoxy) is 1. The summed E-state index contributed by atoms with van der Waals surface area (Å²) in [6, 6.07) is 13.5. The normalized spacial score (nSPS) is 12.0. The van der Waals surface area contributed by atoms with Crippen LogP contribution in [0.5, 0.6) is 5.75 Å². The molecule has 2 aromatic rings. The minimum atomic E-state index is -2.86. The summed E-state index contributed by atoms with van der Waals surface area (Å²) in [6.07, 6.45) is 0. The molecule has 0 radical (unpaired) electrons. The first-order valence-corrected chi connectivity index (χ1v) is 8.39. The summed E-state index contributed by atoms with van der Waals surface area (Å²) in [6.45, 7) is -1.06.